The van der Waals surface area contributed by atoms with Gasteiger partial charge in [-0.15, -0.1) is 10.2 Å². The minimum absolute atomic E-state index is 0.552. The maximum absolute atomic E-state index is 6.09. The molecule has 1 aliphatic heterocycles. The van der Waals surface area contributed by atoms with Crippen molar-refractivity contribution in [3.05, 3.63) is 65.5 Å². The first-order valence-corrected chi connectivity index (χ1v) is 11.7. The van der Waals surface area contributed by atoms with E-state index >= 15 is 0 Å². The van der Waals surface area contributed by atoms with Gasteiger partial charge in [-0.25, -0.2) is 4.98 Å². The van der Waals surface area contributed by atoms with Crippen LogP contribution in [0.3, 0.4) is 0 Å². The van der Waals surface area contributed by atoms with Crippen LogP contribution in [0.2, 0.25) is 5.02 Å². The fraction of sp³-hybridized carbons (Fsp3) is 0.318. The molecule has 1 fully saturated rings. The highest BCUT2D eigenvalue weighted by atomic mass is 35.5. The van der Waals surface area contributed by atoms with E-state index in [9.17, 15) is 0 Å². The van der Waals surface area contributed by atoms with E-state index in [1.807, 2.05) is 36.4 Å². The molecule has 4 aromatic rings. The molecular weight excluding hydrogens is 434 g/mol. The fourth-order valence-corrected chi connectivity index (χ4v) is 4.67. The average molecular weight is 456 g/mol. The van der Waals surface area contributed by atoms with E-state index < -0.39 is 0 Å². The molecule has 31 heavy (non-hydrogen) atoms. The minimum Gasteiger partial charge on any atom is -0.467 e. The molecule has 0 radical (unpaired) electrons. The van der Waals surface area contributed by atoms with Crippen molar-refractivity contribution in [2.24, 2.45) is 0 Å². The second-order valence-corrected chi connectivity index (χ2v) is 8.79. The molecule has 5 rings (SSSR count). The van der Waals surface area contributed by atoms with Crippen molar-refractivity contribution < 1.29 is 8.83 Å². The Morgan fingerprint density at radius 1 is 1.06 bits per heavy atom. The Balaban J connectivity index is 1.34. The number of halogens is 1. The van der Waals surface area contributed by atoms with E-state index in [-0.39, 0.29) is 0 Å². The number of rotatable bonds is 7. The van der Waals surface area contributed by atoms with Crippen LogP contribution in [0.5, 0.6) is 0 Å². The van der Waals surface area contributed by atoms with E-state index in [1.165, 1.54) is 19.3 Å². The Kier molecular flexibility index (Phi) is 5.99. The predicted octanol–water partition coefficient (Wildman–Crippen LogP) is 5.51. The van der Waals surface area contributed by atoms with E-state index in [0.717, 1.165) is 35.5 Å². The molecule has 3 aromatic heterocycles. The molecule has 0 bridgehead atoms. The van der Waals surface area contributed by atoms with Crippen LogP contribution >= 0.6 is 23.4 Å². The zero-order chi connectivity index (χ0) is 21.0. The van der Waals surface area contributed by atoms with Crippen molar-refractivity contribution in [2.45, 2.75) is 36.7 Å². The third kappa shape index (κ3) is 4.65. The summed E-state index contributed by atoms with van der Waals surface area (Å²) in [4.78, 5) is 6.73. The Labute approximate surface area is 189 Å². The molecule has 0 unspecified atom stereocenters. The van der Waals surface area contributed by atoms with Gasteiger partial charge in [-0.1, -0.05) is 35.5 Å². The van der Waals surface area contributed by atoms with Gasteiger partial charge in [0.2, 0.25) is 11.8 Å². The smallest absolute Gasteiger partial charge is 0.228 e. The fourth-order valence-electron chi connectivity index (χ4n) is 3.69. The van der Waals surface area contributed by atoms with Gasteiger partial charge in [0.05, 0.1) is 24.8 Å². The molecule has 0 spiro atoms. The molecule has 7 nitrogen and oxygen atoms in total. The summed E-state index contributed by atoms with van der Waals surface area (Å²) in [6, 6.07) is 11.4. The SMILES string of the molecule is Clc1cccc(-c2cnc(CSc3nnc(N4CCCCC4)n3Cc3ccco3)o2)c1. The van der Waals surface area contributed by atoms with Crippen LogP contribution in [0.4, 0.5) is 5.95 Å². The molecule has 160 valence electrons. The molecule has 4 heterocycles. The number of hydrogen-bond donors (Lipinski definition) is 0. The number of piperidine rings is 1. The van der Waals surface area contributed by atoms with E-state index in [4.69, 9.17) is 20.4 Å². The summed E-state index contributed by atoms with van der Waals surface area (Å²) in [7, 11) is 0. The topological polar surface area (TPSA) is 73.1 Å². The standard InChI is InChI=1S/C22H22ClN5O2S/c23-17-7-4-6-16(12-17)19-13-24-20(30-19)15-31-22-26-25-21(27-9-2-1-3-10-27)28(22)14-18-8-5-11-29-18/h4-8,11-13H,1-3,9-10,14-15H2. The number of thioether (sulfide) groups is 1. The normalized spacial score (nSPS) is 14.3. The van der Waals surface area contributed by atoms with Crippen LogP contribution in [0.1, 0.15) is 30.9 Å². The maximum Gasteiger partial charge on any atom is 0.228 e. The molecule has 1 aliphatic rings. The maximum atomic E-state index is 6.09. The Morgan fingerprint density at radius 2 is 1.97 bits per heavy atom. The van der Waals surface area contributed by atoms with Crippen LogP contribution in [-0.2, 0) is 12.3 Å². The summed E-state index contributed by atoms with van der Waals surface area (Å²) < 4.78 is 13.6. The van der Waals surface area contributed by atoms with Gasteiger partial charge in [0.25, 0.3) is 0 Å². The van der Waals surface area contributed by atoms with Crippen LogP contribution in [0.25, 0.3) is 11.3 Å². The van der Waals surface area contributed by atoms with Gasteiger partial charge >= 0.3 is 0 Å². The van der Waals surface area contributed by atoms with Crippen molar-refractivity contribution in [3.8, 4) is 11.3 Å². The molecule has 9 heteroatoms. The largest absolute Gasteiger partial charge is 0.467 e. The number of benzene rings is 1. The lowest BCUT2D eigenvalue weighted by molar-refractivity contribution is 0.479. The lowest BCUT2D eigenvalue weighted by Gasteiger charge is -2.27. The highest BCUT2D eigenvalue weighted by Crippen LogP contribution is 2.29. The lowest BCUT2D eigenvalue weighted by Crippen LogP contribution is -2.32. The van der Waals surface area contributed by atoms with Gasteiger partial charge in [-0.2, -0.15) is 0 Å². The number of hydrogen-bond acceptors (Lipinski definition) is 7. The van der Waals surface area contributed by atoms with Gasteiger partial charge in [0, 0.05) is 23.7 Å². The van der Waals surface area contributed by atoms with Crippen molar-refractivity contribution in [3.63, 3.8) is 0 Å². The van der Waals surface area contributed by atoms with E-state index in [1.54, 1.807) is 24.2 Å². The molecule has 0 atom stereocenters. The summed E-state index contributed by atoms with van der Waals surface area (Å²) in [5.41, 5.74) is 0.907. The van der Waals surface area contributed by atoms with Crippen LogP contribution in [-0.4, -0.2) is 32.8 Å². The first kappa shape index (κ1) is 20.2. The second kappa shape index (κ2) is 9.20. The third-order valence-electron chi connectivity index (χ3n) is 5.22. The molecule has 0 aliphatic carbocycles. The monoisotopic (exact) mass is 455 g/mol. The molecule has 0 amide bonds. The minimum atomic E-state index is 0.552. The summed E-state index contributed by atoms with van der Waals surface area (Å²) >= 11 is 7.65. The Hall–Kier alpha value is -2.71. The van der Waals surface area contributed by atoms with Crippen molar-refractivity contribution in [1.29, 1.82) is 0 Å². The summed E-state index contributed by atoms with van der Waals surface area (Å²) in [5, 5.41) is 10.5. The number of aromatic nitrogens is 4. The van der Waals surface area contributed by atoms with Crippen molar-refractivity contribution in [2.75, 3.05) is 18.0 Å². The quantitative estimate of drug-likeness (QED) is 0.340. The van der Waals surface area contributed by atoms with Gasteiger partial charge in [0.1, 0.15) is 5.76 Å². The first-order valence-electron chi connectivity index (χ1n) is 10.3. The summed E-state index contributed by atoms with van der Waals surface area (Å²) in [6.45, 7) is 2.60. The van der Waals surface area contributed by atoms with Crippen LogP contribution in [0, 0.1) is 0 Å². The highest BCUT2D eigenvalue weighted by molar-refractivity contribution is 7.98. The third-order valence-corrected chi connectivity index (χ3v) is 6.40. The number of nitrogens with zero attached hydrogens (tertiary/aromatic N) is 5. The van der Waals surface area contributed by atoms with Crippen molar-refractivity contribution in [1.82, 2.24) is 19.7 Å². The van der Waals surface area contributed by atoms with Crippen molar-refractivity contribution >= 4 is 29.3 Å². The molecular formula is C22H22ClN5O2S. The summed E-state index contributed by atoms with van der Waals surface area (Å²) in [5.74, 6) is 3.65. The average Bonchev–Trinajstić information content (AvgIpc) is 3.55. The molecule has 1 saturated heterocycles. The molecule has 0 saturated carbocycles. The highest BCUT2D eigenvalue weighted by Gasteiger charge is 2.21. The molecule has 0 N–H and O–H groups in total. The first-order chi connectivity index (χ1) is 15.3. The van der Waals surface area contributed by atoms with E-state index in [2.05, 4.69) is 24.6 Å². The van der Waals surface area contributed by atoms with Gasteiger partial charge in [-0.3, -0.25) is 4.57 Å². The summed E-state index contributed by atoms with van der Waals surface area (Å²) in [6.07, 6.45) is 7.05. The van der Waals surface area contributed by atoms with E-state index in [0.29, 0.717) is 29.0 Å². The van der Waals surface area contributed by atoms with Crippen LogP contribution < -0.4 is 4.90 Å². The van der Waals surface area contributed by atoms with Gasteiger partial charge in [0.15, 0.2) is 10.9 Å². The molecule has 1 aromatic carbocycles. The number of furan rings is 1. The van der Waals surface area contributed by atoms with Gasteiger partial charge in [-0.05, 0) is 43.5 Å². The zero-order valence-electron chi connectivity index (χ0n) is 16.9. The predicted molar refractivity (Wildman–Crippen MR) is 120 cm³/mol. The Morgan fingerprint density at radius 3 is 2.77 bits per heavy atom. The van der Waals surface area contributed by atoms with Crippen LogP contribution in [0.15, 0.2) is 62.8 Å². The number of anilines is 1. The second-order valence-electron chi connectivity index (χ2n) is 7.41. The Bertz CT molecular complexity index is 1130. The zero-order valence-corrected chi connectivity index (χ0v) is 18.5. The number of oxazole rings is 1. The lowest BCUT2D eigenvalue weighted by atomic mass is 10.1. The van der Waals surface area contributed by atoms with Gasteiger partial charge < -0.3 is 13.7 Å².